The SMILES string of the molecule is OCCOCCOCCSCCOCCOCCO. The Hall–Kier alpha value is 0.110. The highest BCUT2D eigenvalue weighted by Gasteiger charge is 1.93. The average molecular weight is 298 g/mol. The summed E-state index contributed by atoms with van der Waals surface area (Å²) in [6.07, 6.45) is 0. The van der Waals surface area contributed by atoms with E-state index >= 15 is 0 Å². The minimum absolute atomic E-state index is 0.0564. The lowest BCUT2D eigenvalue weighted by Crippen LogP contribution is -2.10. The lowest BCUT2D eigenvalue weighted by molar-refractivity contribution is 0.0369. The summed E-state index contributed by atoms with van der Waals surface area (Å²) in [4.78, 5) is 0. The van der Waals surface area contributed by atoms with Gasteiger partial charge in [0.2, 0.25) is 0 Å². The van der Waals surface area contributed by atoms with E-state index in [2.05, 4.69) is 0 Å². The maximum Gasteiger partial charge on any atom is 0.0701 e. The predicted molar refractivity (Wildman–Crippen MR) is 74.8 cm³/mol. The zero-order valence-corrected chi connectivity index (χ0v) is 12.2. The first-order valence-electron chi connectivity index (χ1n) is 6.52. The van der Waals surface area contributed by atoms with Crippen molar-refractivity contribution in [2.75, 3.05) is 77.6 Å². The largest absolute Gasteiger partial charge is 0.394 e. The Kier molecular flexibility index (Phi) is 18.2. The smallest absolute Gasteiger partial charge is 0.0701 e. The molecule has 0 saturated carbocycles. The van der Waals surface area contributed by atoms with E-state index in [4.69, 9.17) is 29.2 Å². The van der Waals surface area contributed by atoms with Crippen molar-refractivity contribution in [3.8, 4) is 0 Å². The van der Waals surface area contributed by atoms with Crippen LogP contribution in [0.2, 0.25) is 0 Å². The Morgan fingerprint density at radius 1 is 0.526 bits per heavy atom. The molecule has 0 fully saturated rings. The second kappa shape index (κ2) is 18.1. The third kappa shape index (κ3) is 18.1. The van der Waals surface area contributed by atoms with Crippen molar-refractivity contribution in [1.82, 2.24) is 0 Å². The third-order valence-corrected chi connectivity index (χ3v) is 2.87. The number of rotatable bonds is 16. The third-order valence-electron chi connectivity index (χ3n) is 1.96. The zero-order valence-electron chi connectivity index (χ0n) is 11.4. The van der Waals surface area contributed by atoms with Crippen LogP contribution >= 0.6 is 11.8 Å². The summed E-state index contributed by atoms with van der Waals surface area (Å²) in [5.74, 6) is 1.87. The number of hydrogen-bond donors (Lipinski definition) is 2. The summed E-state index contributed by atoms with van der Waals surface area (Å²) in [5.41, 5.74) is 0. The monoisotopic (exact) mass is 298 g/mol. The van der Waals surface area contributed by atoms with Gasteiger partial charge >= 0.3 is 0 Å². The maximum atomic E-state index is 8.47. The Balaban J connectivity index is 2.88. The highest BCUT2D eigenvalue weighted by Crippen LogP contribution is 1.99. The molecule has 0 atom stereocenters. The van der Waals surface area contributed by atoms with Crippen molar-refractivity contribution in [2.24, 2.45) is 0 Å². The molecule has 2 N–H and O–H groups in total. The van der Waals surface area contributed by atoms with Gasteiger partial charge in [0.05, 0.1) is 66.1 Å². The summed E-state index contributed by atoms with van der Waals surface area (Å²) in [6, 6.07) is 0. The van der Waals surface area contributed by atoms with Gasteiger partial charge in [-0.2, -0.15) is 11.8 Å². The van der Waals surface area contributed by atoms with E-state index in [1.54, 1.807) is 11.8 Å². The lowest BCUT2D eigenvalue weighted by atomic mass is 10.7. The van der Waals surface area contributed by atoms with Crippen LogP contribution in [0.25, 0.3) is 0 Å². The molecule has 0 unspecified atom stereocenters. The van der Waals surface area contributed by atoms with Crippen LogP contribution in [0, 0.1) is 0 Å². The molecule has 0 aromatic heterocycles. The van der Waals surface area contributed by atoms with Gasteiger partial charge in [-0.05, 0) is 0 Å². The van der Waals surface area contributed by atoms with Gasteiger partial charge in [0.15, 0.2) is 0 Å². The van der Waals surface area contributed by atoms with Crippen LogP contribution in [-0.4, -0.2) is 87.8 Å². The van der Waals surface area contributed by atoms with Gasteiger partial charge in [-0.3, -0.25) is 0 Å². The highest BCUT2D eigenvalue weighted by molar-refractivity contribution is 7.99. The fourth-order valence-electron chi connectivity index (χ4n) is 1.11. The van der Waals surface area contributed by atoms with Gasteiger partial charge < -0.3 is 29.2 Å². The summed E-state index contributed by atoms with van der Waals surface area (Å²) in [5, 5.41) is 16.9. The molecule has 7 heteroatoms. The number of aliphatic hydroxyl groups excluding tert-OH is 2. The molecule has 0 rings (SSSR count). The van der Waals surface area contributed by atoms with Crippen molar-refractivity contribution in [3.63, 3.8) is 0 Å². The minimum atomic E-state index is 0.0564. The highest BCUT2D eigenvalue weighted by atomic mass is 32.2. The number of thioether (sulfide) groups is 1. The lowest BCUT2D eigenvalue weighted by Gasteiger charge is -2.06. The van der Waals surface area contributed by atoms with Crippen LogP contribution in [0.1, 0.15) is 0 Å². The van der Waals surface area contributed by atoms with E-state index in [-0.39, 0.29) is 13.2 Å². The van der Waals surface area contributed by atoms with Crippen molar-refractivity contribution >= 4 is 11.8 Å². The summed E-state index contributed by atoms with van der Waals surface area (Å²) in [7, 11) is 0. The van der Waals surface area contributed by atoms with Gasteiger partial charge in [-0.15, -0.1) is 0 Å². The fourth-order valence-corrected chi connectivity index (χ4v) is 1.79. The molecule has 0 radical (unpaired) electrons. The second-order valence-electron chi connectivity index (χ2n) is 3.51. The van der Waals surface area contributed by atoms with E-state index in [9.17, 15) is 0 Å². The van der Waals surface area contributed by atoms with E-state index in [1.165, 1.54) is 0 Å². The molecule has 0 spiro atoms. The maximum absolute atomic E-state index is 8.47. The van der Waals surface area contributed by atoms with Gasteiger partial charge in [-0.1, -0.05) is 0 Å². The first kappa shape index (κ1) is 19.1. The Morgan fingerprint density at radius 2 is 0.895 bits per heavy atom. The standard InChI is InChI=1S/C12H26O6S/c13-1-3-15-5-7-17-9-11-19-12-10-18-8-6-16-4-2-14/h13-14H,1-12H2. The van der Waals surface area contributed by atoms with Crippen molar-refractivity contribution in [2.45, 2.75) is 0 Å². The molecule has 0 bridgehead atoms. The normalized spacial score (nSPS) is 11.1. The van der Waals surface area contributed by atoms with Crippen molar-refractivity contribution in [1.29, 1.82) is 0 Å². The first-order chi connectivity index (χ1) is 9.41. The Morgan fingerprint density at radius 3 is 1.26 bits per heavy atom. The van der Waals surface area contributed by atoms with Crippen LogP contribution < -0.4 is 0 Å². The second-order valence-corrected chi connectivity index (χ2v) is 4.73. The zero-order chi connectivity index (χ0) is 14.0. The molecule has 0 amide bonds. The molecular weight excluding hydrogens is 272 g/mol. The molecule has 0 aliphatic rings. The van der Waals surface area contributed by atoms with E-state index in [0.717, 1.165) is 11.5 Å². The van der Waals surface area contributed by atoms with Crippen LogP contribution in [0.3, 0.4) is 0 Å². The van der Waals surface area contributed by atoms with E-state index < -0.39 is 0 Å². The molecule has 0 aliphatic heterocycles. The van der Waals surface area contributed by atoms with Crippen LogP contribution in [0.4, 0.5) is 0 Å². The molecule has 116 valence electrons. The van der Waals surface area contributed by atoms with E-state index in [1.807, 2.05) is 0 Å². The summed E-state index contributed by atoms with van der Waals surface area (Å²) in [6.45, 7) is 4.46. The van der Waals surface area contributed by atoms with Crippen molar-refractivity contribution in [3.05, 3.63) is 0 Å². The van der Waals surface area contributed by atoms with Crippen LogP contribution in [0.15, 0.2) is 0 Å². The topological polar surface area (TPSA) is 77.4 Å². The summed E-state index contributed by atoms with van der Waals surface area (Å²) >= 11 is 1.78. The number of hydrogen-bond acceptors (Lipinski definition) is 7. The molecule has 6 nitrogen and oxygen atoms in total. The average Bonchev–Trinajstić information content (AvgIpc) is 2.43. The van der Waals surface area contributed by atoms with Gasteiger partial charge in [0, 0.05) is 11.5 Å². The van der Waals surface area contributed by atoms with Gasteiger partial charge in [0.1, 0.15) is 0 Å². The Labute approximate surface area is 119 Å². The van der Waals surface area contributed by atoms with Gasteiger partial charge in [-0.25, -0.2) is 0 Å². The molecule has 0 aliphatic carbocycles. The molecule has 0 heterocycles. The van der Waals surface area contributed by atoms with Crippen molar-refractivity contribution < 1.29 is 29.2 Å². The molecular formula is C12H26O6S. The molecule has 19 heavy (non-hydrogen) atoms. The first-order valence-corrected chi connectivity index (χ1v) is 7.67. The predicted octanol–water partition coefficient (Wildman–Crippen LogP) is -0.229. The number of ether oxygens (including phenoxy) is 4. The quantitative estimate of drug-likeness (QED) is 0.381. The molecule has 0 aromatic rings. The number of aliphatic hydroxyl groups is 2. The summed E-state index contributed by atoms with van der Waals surface area (Å²) < 4.78 is 20.8. The fraction of sp³-hybridized carbons (Fsp3) is 1.00. The minimum Gasteiger partial charge on any atom is -0.394 e. The molecule has 0 aromatic carbocycles. The Bertz CT molecular complexity index is 145. The van der Waals surface area contributed by atoms with Crippen LogP contribution in [-0.2, 0) is 18.9 Å². The van der Waals surface area contributed by atoms with Crippen LogP contribution in [0.5, 0.6) is 0 Å². The van der Waals surface area contributed by atoms with Gasteiger partial charge in [0.25, 0.3) is 0 Å². The molecule has 0 saturated heterocycles. The van der Waals surface area contributed by atoms with E-state index in [0.29, 0.717) is 52.9 Å².